The average molecular weight is 520 g/mol. The van der Waals surface area contributed by atoms with E-state index in [0.717, 1.165) is 89.1 Å². The summed E-state index contributed by atoms with van der Waals surface area (Å²) >= 11 is 7.03. The van der Waals surface area contributed by atoms with Crippen LogP contribution in [0.1, 0.15) is 44.9 Å². The number of fused-ring (bicyclic) bond motifs is 2. The van der Waals surface area contributed by atoms with Crippen molar-refractivity contribution in [2.24, 2.45) is 11.3 Å². The monoisotopic (exact) mass is 519 g/mol. The molecule has 1 saturated heterocycles. The number of carbonyl (C=O) groups is 1. The van der Waals surface area contributed by atoms with Crippen molar-refractivity contribution in [2.45, 2.75) is 55.2 Å². The second-order valence-electron chi connectivity index (χ2n) is 9.37. The number of ether oxygens (including phenoxy) is 2. The maximum absolute atomic E-state index is 13.0. The number of thiophene rings is 1. The lowest BCUT2D eigenvalue weighted by molar-refractivity contribution is 0.0371. The van der Waals surface area contributed by atoms with Gasteiger partial charge < -0.3 is 14.8 Å². The summed E-state index contributed by atoms with van der Waals surface area (Å²) in [5.74, 6) is 0.262. The molecule has 8 nitrogen and oxygen atoms in total. The number of nitrogens with one attached hydrogen (secondary N) is 2. The molecule has 4 rings (SSSR count). The lowest BCUT2D eigenvalue weighted by Gasteiger charge is -2.35. The van der Waals surface area contributed by atoms with Gasteiger partial charge in [-0.1, -0.05) is 24.4 Å². The first kappa shape index (κ1) is 25.2. The van der Waals surface area contributed by atoms with Crippen LogP contribution in [0.4, 0.5) is 4.79 Å². The zero-order valence-corrected chi connectivity index (χ0v) is 21.3. The molecule has 1 aliphatic heterocycles. The zero-order valence-electron chi connectivity index (χ0n) is 18.9. The summed E-state index contributed by atoms with van der Waals surface area (Å²) in [6, 6.07) is 2.91. The quantitative estimate of drug-likeness (QED) is 0.485. The second-order valence-corrected chi connectivity index (χ2v) is 13.0. The Balaban J connectivity index is 1.31. The van der Waals surface area contributed by atoms with Gasteiger partial charge in [0.2, 0.25) is 10.0 Å². The maximum Gasteiger partial charge on any atom is 0.407 e. The number of rotatable bonds is 9. The third-order valence-electron chi connectivity index (χ3n) is 7.25. The predicted molar refractivity (Wildman–Crippen MR) is 128 cm³/mol. The normalized spacial score (nSPS) is 28.4. The van der Waals surface area contributed by atoms with E-state index in [-0.39, 0.29) is 28.2 Å². The molecule has 0 unspecified atom stereocenters. The highest BCUT2D eigenvalue weighted by molar-refractivity contribution is 7.91. The van der Waals surface area contributed by atoms with Gasteiger partial charge in [0.25, 0.3) is 0 Å². The van der Waals surface area contributed by atoms with Gasteiger partial charge in [0.15, 0.2) is 0 Å². The summed E-state index contributed by atoms with van der Waals surface area (Å²) in [7, 11) is -3.67. The SMILES string of the molecule is O=C(NCCCN1CCOCC1)OC[C@@]12CCCC[C@@H](CC1)[C@@H]2NS(=O)(=O)c1ccc(Cl)s1. The molecule has 186 valence electrons. The molecular formula is C22H34ClN3O5S2. The molecule has 2 heterocycles. The van der Waals surface area contributed by atoms with Crippen LogP contribution in [0.5, 0.6) is 0 Å². The molecule has 3 atom stereocenters. The van der Waals surface area contributed by atoms with Crippen molar-refractivity contribution in [3.05, 3.63) is 16.5 Å². The topological polar surface area (TPSA) is 97.0 Å². The first-order valence-corrected chi connectivity index (χ1v) is 14.5. The number of hydrogen-bond donors (Lipinski definition) is 2. The van der Waals surface area contributed by atoms with Crippen molar-refractivity contribution >= 4 is 39.1 Å². The Hall–Kier alpha value is -0.910. The second kappa shape index (κ2) is 11.2. The van der Waals surface area contributed by atoms with Gasteiger partial charge in [0.1, 0.15) is 10.8 Å². The Labute approximate surface area is 205 Å². The van der Waals surface area contributed by atoms with Crippen LogP contribution in [0.3, 0.4) is 0 Å². The summed E-state index contributed by atoms with van der Waals surface area (Å²) in [6.07, 6.45) is 6.18. The molecule has 2 aliphatic carbocycles. The Morgan fingerprint density at radius 2 is 2.06 bits per heavy atom. The molecular weight excluding hydrogens is 486 g/mol. The van der Waals surface area contributed by atoms with Gasteiger partial charge in [-0.25, -0.2) is 17.9 Å². The minimum Gasteiger partial charge on any atom is -0.449 e. The van der Waals surface area contributed by atoms with Gasteiger partial charge in [-0.2, -0.15) is 0 Å². The number of halogens is 1. The maximum atomic E-state index is 13.0. The Bertz CT molecular complexity index is 906. The molecule has 0 radical (unpaired) electrons. The van der Waals surface area contributed by atoms with Crippen molar-refractivity contribution in [3.8, 4) is 0 Å². The number of sulfonamides is 1. The fourth-order valence-electron chi connectivity index (χ4n) is 5.47. The van der Waals surface area contributed by atoms with Crippen LogP contribution < -0.4 is 10.0 Å². The molecule has 33 heavy (non-hydrogen) atoms. The number of alkyl carbamates (subject to hydrolysis) is 1. The fourth-order valence-corrected chi connectivity index (χ4v) is 8.38. The van der Waals surface area contributed by atoms with E-state index in [1.807, 2.05) is 0 Å². The largest absolute Gasteiger partial charge is 0.449 e. The lowest BCUT2D eigenvalue weighted by Crippen LogP contribution is -2.49. The van der Waals surface area contributed by atoms with Crippen molar-refractivity contribution in [2.75, 3.05) is 46.0 Å². The van der Waals surface area contributed by atoms with Crippen LogP contribution >= 0.6 is 22.9 Å². The lowest BCUT2D eigenvalue weighted by atomic mass is 9.79. The molecule has 1 amide bonds. The molecule has 3 fully saturated rings. The molecule has 3 aliphatic rings. The van der Waals surface area contributed by atoms with E-state index in [0.29, 0.717) is 10.9 Å². The van der Waals surface area contributed by atoms with E-state index in [4.69, 9.17) is 21.1 Å². The molecule has 1 aromatic rings. The van der Waals surface area contributed by atoms with Crippen molar-refractivity contribution in [1.82, 2.24) is 14.9 Å². The molecule has 11 heteroatoms. The van der Waals surface area contributed by atoms with E-state index in [2.05, 4.69) is 14.9 Å². The molecule has 0 spiro atoms. The van der Waals surface area contributed by atoms with Gasteiger partial charge in [0, 0.05) is 31.1 Å². The number of morpholine rings is 1. The molecule has 2 bridgehead atoms. The van der Waals surface area contributed by atoms with Gasteiger partial charge in [-0.05, 0) is 56.7 Å². The number of carbonyl (C=O) groups excluding carboxylic acids is 1. The van der Waals surface area contributed by atoms with E-state index in [9.17, 15) is 13.2 Å². The van der Waals surface area contributed by atoms with Gasteiger partial charge >= 0.3 is 6.09 Å². The molecule has 2 N–H and O–H groups in total. The van der Waals surface area contributed by atoms with Crippen molar-refractivity contribution < 1.29 is 22.7 Å². The predicted octanol–water partition coefficient (Wildman–Crippen LogP) is 3.47. The average Bonchev–Trinajstić information content (AvgIpc) is 3.32. The van der Waals surface area contributed by atoms with E-state index in [1.165, 1.54) is 0 Å². The van der Waals surface area contributed by atoms with Crippen LogP contribution in [0, 0.1) is 11.3 Å². The summed E-state index contributed by atoms with van der Waals surface area (Å²) in [5.41, 5.74) is -0.361. The Morgan fingerprint density at radius 3 is 2.82 bits per heavy atom. The van der Waals surface area contributed by atoms with Gasteiger partial charge in [-0.15, -0.1) is 11.3 Å². The molecule has 0 aromatic carbocycles. The third-order valence-corrected chi connectivity index (χ3v) is 10.4. The third kappa shape index (κ3) is 6.41. The minimum atomic E-state index is -3.67. The first-order chi connectivity index (χ1) is 15.9. The summed E-state index contributed by atoms with van der Waals surface area (Å²) in [4.78, 5) is 14.7. The Morgan fingerprint density at radius 1 is 1.24 bits per heavy atom. The zero-order chi connectivity index (χ0) is 23.3. The molecule has 1 aromatic heterocycles. The van der Waals surface area contributed by atoms with Crippen LogP contribution in [-0.2, 0) is 19.5 Å². The van der Waals surface area contributed by atoms with Crippen LogP contribution in [0.2, 0.25) is 4.34 Å². The standard InChI is InChI=1S/C22H34ClN3O5S2/c23-18-5-6-19(32-18)33(28,29)25-20-17-4-1-2-8-22(20,9-7-17)16-31-21(27)24-10-3-11-26-12-14-30-15-13-26/h5-6,17,20,25H,1-4,7-16H2,(H,24,27)/t17-,20-,22+/m0/s1. The highest BCUT2D eigenvalue weighted by atomic mass is 35.5. The first-order valence-electron chi connectivity index (χ1n) is 11.9. The highest BCUT2D eigenvalue weighted by Crippen LogP contribution is 2.50. The van der Waals surface area contributed by atoms with E-state index in [1.54, 1.807) is 12.1 Å². The van der Waals surface area contributed by atoms with E-state index < -0.39 is 16.1 Å². The van der Waals surface area contributed by atoms with E-state index >= 15 is 0 Å². The van der Waals surface area contributed by atoms with Crippen LogP contribution in [0.25, 0.3) is 0 Å². The Kier molecular flexibility index (Phi) is 8.56. The smallest absolute Gasteiger partial charge is 0.407 e. The minimum absolute atomic E-state index is 0.227. The number of hydrogen-bond acceptors (Lipinski definition) is 7. The molecule has 2 saturated carbocycles. The van der Waals surface area contributed by atoms with Gasteiger partial charge in [0.05, 0.1) is 17.6 Å². The summed E-state index contributed by atoms with van der Waals surface area (Å²) in [5, 5.41) is 2.85. The fraction of sp³-hybridized carbons (Fsp3) is 0.773. The summed E-state index contributed by atoms with van der Waals surface area (Å²) in [6.45, 7) is 5.11. The summed E-state index contributed by atoms with van der Waals surface area (Å²) < 4.78 is 40.7. The van der Waals surface area contributed by atoms with Gasteiger partial charge in [-0.3, -0.25) is 4.90 Å². The van der Waals surface area contributed by atoms with Crippen molar-refractivity contribution in [1.29, 1.82) is 0 Å². The number of amides is 1. The van der Waals surface area contributed by atoms with Crippen LogP contribution in [0.15, 0.2) is 16.3 Å². The van der Waals surface area contributed by atoms with Crippen LogP contribution in [-0.4, -0.2) is 71.5 Å². The van der Waals surface area contributed by atoms with Crippen molar-refractivity contribution in [3.63, 3.8) is 0 Å². The number of nitrogens with zero attached hydrogens (tertiary/aromatic N) is 1. The highest BCUT2D eigenvalue weighted by Gasteiger charge is 2.51.